The van der Waals surface area contributed by atoms with E-state index in [0.717, 1.165) is 31.1 Å². The Hall–Kier alpha value is -1.24. The summed E-state index contributed by atoms with van der Waals surface area (Å²) in [5, 5.41) is 3.44. The molecule has 110 valence electrons. The summed E-state index contributed by atoms with van der Waals surface area (Å²) in [6.45, 7) is 2.39. The van der Waals surface area contributed by atoms with Crippen molar-refractivity contribution in [2.45, 2.75) is 37.6 Å². The van der Waals surface area contributed by atoms with Crippen molar-refractivity contribution in [2.75, 3.05) is 32.2 Å². The first-order chi connectivity index (χ1) is 9.80. The molecular weight excluding hydrogens is 256 g/mol. The molecule has 0 bridgehead atoms. The minimum Gasteiger partial charge on any atom is -0.377 e. The van der Waals surface area contributed by atoms with E-state index in [1.54, 1.807) is 14.2 Å². The molecule has 2 atom stereocenters. The largest absolute Gasteiger partial charge is 0.377 e. The average Bonchev–Trinajstić information content (AvgIpc) is 3.23. The minimum absolute atomic E-state index is 0.0954. The van der Waals surface area contributed by atoms with Crippen LogP contribution in [-0.2, 0) is 16.0 Å². The Morgan fingerprint density at radius 1 is 1.15 bits per heavy atom. The van der Waals surface area contributed by atoms with E-state index in [1.165, 1.54) is 12.8 Å². The van der Waals surface area contributed by atoms with Gasteiger partial charge in [0.2, 0.25) is 0 Å². The number of anilines is 1. The summed E-state index contributed by atoms with van der Waals surface area (Å²) in [5.74, 6) is 0.891. The van der Waals surface area contributed by atoms with Gasteiger partial charge in [-0.2, -0.15) is 0 Å². The quantitative estimate of drug-likeness (QED) is 0.821. The molecule has 1 N–H and O–H groups in total. The van der Waals surface area contributed by atoms with Gasteiger partial charge < -0.3 is 19.7 Å². The first-order valence-electron chi connectivity index (χ1n) is 7.15. The van der Waals surface area contributed by atoms with E-state index < -0.39 is 0 Å². The van der Waals surface area contributed by atoms with Crippen LogP contribution in [0.2, 0.25) is 0 Å². The molecule has 2 fully saturated rings. The Morgan fingerprint density at radius 3 is 2.35 bits per heavy atom. The third kappa shape index (κ3) is 3.08. The molecule has 0 radical (unpaired) electrons. The van der Waals surface area contributed by atoms with Crippen LogP contribution < -0.4 is 10.2 Å². The van der Waals surface area contributed by atoms with Crippen molar-refractivity contribution in [3.8, 4) is 0 Å². The number of methoxy groups -OCH3 is 2. The summed E-state index contributed by atoms with van der Waals surface area (Å²) in [5.41, 5.74) is 0.992. The summed E-state index contributed by atoms with van der Waals surface area (Å²) in [6, 6.07) is 0.694. The van der Waals surface area contributed by atoms with Gasteiger partial charge in [0.25, 0.3) is 0 Å². The molecule has 20 heavy (non-hydrogen) atoms. The van der Waals surface area contributed by atoms with Crippen molar-refractivity contribution in [1.82, 2.24) is 15.3 Å². The molecular formula is C14H22N4O2. The van der Waals surface area contributed by atoms with Crippen molar-refractivity contribution in [2.24, 2.45) is 0 Å². The Morgan fingerprint density at radius 2 is 1.85 bits per heavy atom. The molecule has 1 aliphatic heterocycles. The predicted molar refractivity (Wildman–Crippen MR) is 75.7 cm³/mol. The van der Waals surface area contributed by atoms with Gasteiger partial charge in [0, 0.05) is 39.9 Å². The molecule has 1 aliphatic carbocycles. The standard InChI is InChI=1S/C14H22N4O2/c1-19-12-8-18(9-13(12)20-2)14-7-16-11(6-17-14)5-15-10-3-4-10/h6-7,10,12-13,15H,3-5,8-9H2,1-2H3. The van der Waals surface area contributed by atoms with Crippen LogP contribution in [0.1, 0.15) is 18.5 Å². The lowest BCUT2D eigenvalue weighted by Gasteiger charge is -2.16. The number of hydrogen-bond donors (Lipinski definition) is 1. The van der Waals surface area contributed by atoms with Gasteiger partial charge in [0.1, 0.15) is 18.0 Å². The Kier molecular flexibility index (Phi) is 4.14. The molecule has 0 aromatic carbocycles. The van der Waals surface area contributed by atoms with Gasteiger partial charge in [-0.15, -0.1) is 0 Å². The van der Waals surface area contributed by atoms with Gasteiger partial charge >= 0.3 is 0 Å². The SMILES string of the molecule is COC1CN(c2cnc(CNC3CC3)cn2)CC1OC. The van der Waals surface area contributed by atoms with Gasteiger partial charge in [0.05, 0.1) is 18.1 Å². The topological polar surface area (TPSA) is 59.5 Å². The molecule has 2 unspecified atom stereocenters. The van der Waals surface area contributed by atoms with Gasteiger partial charge in [-0.05, 0) is 12.8 Å². The highest BCUT2D eigenvalue weighted by Crippen LogP contribution is 2.21. The van der Waals surface area contributed by atoms with Crippen LogP contribution in [-0.4, -0.2) is 55.5 Å². The maximum Gasteiger partial charge on any atom is 0.147 e. The minimum atomic E-state index is 0.0954. The number of hydrogen-bond acceptors (Lipinski definition) is 6. The maximum atomic E-state index is 5.44. The van der Waals surface area contributed by atoms with Crippen LogP contribution in [0.4, 0.5) is 5.82 Å². The number of nitrogens with zero attached hydrogens (tertiary/aromatic N) is 3. The van der Waals surface area contributed by atoms with Gasteiger partial charge in [-0.3, -0.25) is 4.98 Å². The summed E-state index contributed by atoms with van der Waals surface area (Å²) in [7, 11) is 3.44. The predicted octanol–water partition coefficient (Wildman–Crippen LogP) is 0.579. The highest BCUT2D eigenvalue weighted by molar-refractivity contribution is 5.38. The zero-order chi connectivity index (χ0) is 13.9. The molecule has 0 spiro atoms. The van der Waals surface area contributed by atoms with Gasteiger partial charge in [-0.1, -0.05) is 0 Å². The van der Waals surface area contributed by atoms with Gasteiger partial charge in [-0.25, -0.2) is 4.98 Å². The van der Waals surface area contributed by atoms with Crippen molar-refractivity contribution in [3.63, 3.8) is 0 Å². The third-order valence-corrected chi connectivity index (χ3v) is 3.99. The fourth-order valence-electron chi connectivity index (χ4n) is 2.52. The molecule has 2 aliphatic rings. The summed E-state index contributed by atoms with van der Waals surface area (Å²) in [6.07, 6.45) is 6.46. The van der Waals surface area contributed by atoms with Crippen molar-refractivity contribution in [1.29, 1.82) is 0 Å². The molecule has 6 heteroatoms. The van der Waals surface area contributed by atoms with Crippen LogP contribution in [0.3, 0.4) is 0 Å². The lowest BCUT2D eigenvalue weighted by atomic mass is 10.3. The van der Waals surface area contributed by atoms with Crippen molar-refractivity contribution in [3.05, 3.63) is 18.1 Å². The number of nitrogens with one attached hydrogen (secondary N) is 1. The summed E-state index contributed by atoms with van der Waals surface area (Å²) in [4.78, 5) is 11.1. The highest BCUT2D eigenvalue weighted by atomic mass is 16.5. The molecule has 6 nitrogen and oxygen atoms in total. The zero-order valence-corrected chi connectivity index (χ0v) is 12.1. The molecule has 0 amide bonds. The van der Waals surface area contributed by atoms with E-state index in [1.807, 2.05) is 12.4 Å². The van der Waals surface area contributed by atoms with Crippen molar-refractivity contribution >= 4 is 5.82 Å². The van der Waals surface area contributed by atoms with Crippen LogP contribution in [0.25, 0.3) is 0 Å². The second-order valence-corrected chi connectivity index (χ2v) is 5.47. The van der Waals surface area contributed by atoms with Gasteiger partial charge in [0.15, 0.2) is 0 Å². The Labute approximate surface area is 119 Å². The maximum absolute atomic E-state index is 5.44. The molecule has 1 saturated carbocycles. The monoisotopic (exact) mass is 278 g/mol. The van der Waals surface area contributed by atoms with E-state index in [9.17, 15) is 0 Å². The summed E-state index contributed by atoms with van der Waals surface area (Å²) >= 11 is 0. The molecule has 2 heterocycles. The van der Waals surface area contributed by atoms with E-state index >= 15 is 0 Å². The Bertz CT molecular complexity index is 423. The fraction of sp³-hybridized carbons (Fsp3) is 0.714. The first-order valence-corrected chi connectivity index (χ1v) is 7.15. The molecule has 1 aromatic heterocycles. The number of aromatic nitrogens is 2. The van der Waals surface area contributed by atoms with Crippen molar-refractivity contribution < 1.29 is 9.47 Å². The lowest BCUT2D eigenvalue weighted by Crippen LogP contribution is -2.27. The van der Waals surface area contributed by atoms with E-state index in [0.29, 0.717) is 6.04 Å². The van der Waals surface area contributed by atoms with E-state index in [2.05, 4.69) is 20.2 Å². The second-order valence-electron chi connectivity index (χ2n) is 5.47. The normalized spacial score (nSPS) is 26.2. The molecule has 1 saturated heterocycles. The van der Waals surface area contributed by atoms with Crippen LogP contribution in [0, 0.1) is 0 Å². The summed E-state index contributed by atoms with van der Waals surface area (Å²) < 4.78 is 10.9. The number of ether oxygens (including phenoxy) is 2. The van der Waals surface area contributed by atoms with Crippen LogP contribution in [0.15, 0.2) is 12.4 Å². The highest BCUT2D eigenvalue weighted by Gasteiger charge is 2.33. The molecule has 1 aromatic rings. The second kappa shape index (κ2) is 6.03. The van der Waals surface area contributed by atoms with Crippen LogP contribution >= 0.6 is 0 Å². The first kappa shape index (κ1) is 13.7. The van der Waals surface area contributed by atoms with E-state index in [4.69, 9.17) is 9.47 Å². The Balaban J connectivity index is 1.59. The fourth-order valence-corrected chi connectivity index (χ4v) is 2.52. The average molecular weight is 278 g/mol. The zero-order valence-electron chi connectivity index (χ0n) is 12.1. The number of rotatable bonds is 6. The molecule has 3 rings (SSSR count). The van der Waals surface area contributed by atoms with Crippen LogP contribution in [0.5, 0.6) is 0 Å². The lowest BCUT2D eigenvalue weighted by molar-refractivity contribution is -0.00461. The third-order valence-electron chi connectivity index (χ3n) is 3.99. The van der Waals surface area contributed by atoms with E-state index in [-0.39, 0.29) is 12.2 Å². The smallest absolute Gasteiger partial charge is 0.147 e.